The Morgan fingerprint density at radius 3 is 2.58 bits per heavy atom. The summed E-state index contributed by atoms with van der Waals surface area (Å²) in [6, 6.07) is 10.8. The molecule has 4 rings (SSSR count). The Kier molecular flexibility index (Phi) is 3.36. The minimum Gasteiger partial charge on any atom is -0.478 e. The Morgan fingerprint density at radius 2 is 1.88 bits per heavy atom. The third-order valence-electron chi connectivity index (χ3n) is 4.21. The van der Waals surface area contributed by atoms with Gasteiger partial charge in [0.15, 0.2) is 0 Å². The van der Waals surface area contributed by atoms with E-state index in [1.807, 2.05) is 18.2 Å². The highest BCUT2D eigenvalue weighted by Crippen LogP contribution is 2.36. The lowest BCUT2D eigenvalue weighted by molar-refractivity contribution is 0.0697. The van der Waals surface area contributed by atoms with Crippen molar-refractivity contribution < 1.29 is 18.3 Å². The second-order valence-electron chi connectivity index (χ2n) is 5.68. The molecular weight excluding hydrogens is 346 g/mol. The van der Waals surface area contributed by atoms with Crippen molar-refractivity contribution in [3.8, 4) is 0 Å². The fourth-order valence-corrected chi connectivity index (χ4v) is 5.33. The van der Waals surface area contributed by atoms with Crippen molar-refractivity contribution in [2.75, 3.05) is 4.72 Å². The number of carbonyl (C=O) groups is 1. The average Bonchev–Trinajstić information content (AvgIpc) is 3.19. The van der Waals surface area contributed by atoms with Crippen LogP contribution in [0.25, 0.3) is 10.8 Å². The highest BCUT2D eigenvalue weighted by molar-refractivity contribution is 7.94. The van der Waals surface area contributed by atoms with Crippen LogP contribution >= 0.6 is 11.3 Å². The van der Waals surface area contributed by atoms with Gasteiger partial charge >= 0.3 is 5.97 Å². The normalized spacial score (nSPS) is 13.3. The molecule has 1 heterocycles. The fraction of sp³-hybridized carbons (Fsp3) is 0.118. The van der Waals surface area contributed by atoms with Gasteiger partial charge in [-0.1, -0.05) is 24.3 Å². The van der Waals surface area contributed by atoms with E-state index < -0.39 is 16.0 Å². The molecule has 0 amide bonds. The summed E-state index contributed by atoms with van der Waals surface area (Å²) in [7, 11) is -3.82. The summed E-state index contributed by atoms with van der Waals surface area (Å²) in [4.78, 5) is 10.9. The van der Waals surface area contributed by atoms with Crippen molar-refractivity contribution in [2.45, 2.75) is 17.1 Å². The lowest BCUT2D eigenvalue weighted by Gasteiger charge is -2.11. The molecule has 0 atom stereocenters. The van der Waals surface area contributed by atoms with Gasteiger partial charge in [0.1, 0.15) is 4.21 Å². The molecule has 1 aliphatic carbocycles. The molecule has 24 heavy (non-hydrogen) atoms. The first kappa shape index (κ1) is 15.2. The van der Waals surface area contributed by atoms with Crippen LogP contribution in [0.2, 0.25) is 0 Å². The van der Waals surface area contributed by atoms with Crippen LogP contribution in [0, 0.1) is 0 Å². The summed E-state index contributed by atoms with van der Waals surface area (Å²) in [5, 5.41) is 12.3. The van der Waals surface area contributed by atoms with E-state index in [0.717, 1.165) is 35.0 Å². The summed E-state index contributed by atoms with van der Waals surface area (Å²) in [5.74, 6) is -1.14. The molecule has 0 spiro atoms. The van der Waals surface area contributed by atoms with Crippen molar-refractivity contribution in [3.05, 3.63) is 58.5 Å². The SMILES string of the molecule is O=C(O)c1csc(S(=O)(=O)Nc2ccc3c4c(cccc24)CC3)c1. The Hall–Kier alpha value is -2.38. The Labute approximate surface area is 142 Å². The van der Waals surface area contributed by atoms with E-state index in [4.69, 9.17) is 5.11 Å². The summed E-state index contributed by atoms with van der Waals surface area (Å²) < 4.78 is 27.7. The number of hydrogen-bond acceptors (Lipinski definition) is 4. The molecule has 0 fully saturated rings. The first-order valence-corrected chi connectivity index (χ1v) is 9.70. The molecule has 0 aliphatic heterocycles. The third kappa shape index (κ3) is 2.37. The molecule has 2 N–H and O–H groups in total. The van der Waals surface area contributed by atoms with Crippen molar-refractivity contribution >= 4 is 43.8 Å². The first-order valence-electron chi connectivity index (χ1n) is 7.34. The summed E-state index contributed by atoms with van der Waals surface area (Å²) >= 11 is 0.897. The third-order valence-corrected chi connectivity index (χ3v) is 7.01. The number of hydrogen-bond donors (Lipinski definition) is 2. The maximum absolute atomic E-state index is 12.6. The lowest BCUT2D eigenvalue weighted by atomic mass is 10.0. The van der Waals surface area contributed by atoms with Crippen molar-refractivity contribution in [1.29, 1.82) is 0 Å². The van der Waals surface area contributed by atoms with Gasteiger partial charge in [0.25, 0.3) is 10.0 Å². The van der Waals surface area contributed by atoms with E-state index in [2.05, 4.69) is 10.8 Å². The molecule has 0 bridgehead atoms. The number of carboxylic acids is 1. The zero-order valence-electron chi connectivity index (χ0n) is 12.4. The first-order chi connectivity index (χ1) is 11.5. The van der Waals surface area contributed by atoms with Crippen LogP contribution in [0.4, 0.5) is 5.69 Å². The van der Waals surface area contributed by atoms with Gasteiger partial charge in [-0.3, -0.25) is 4.72 Å². The number of rotatable bonds is 4. The van der Waals surface area contributed by atoms with Gasteiger partial charge in [-0.05, 0) is 41.5 Å². The molecule has 1 aromatic heterocycles. The number of thiophene rings is 1. The number of aryl methyl sites for hydroxylation is 2. The molecule has 0 saturated heterocycles. The van der Waals surface area contributed by atoms with E-state index >= 15 is 0 Å². The van der Waals surface area contributed by atoms with Crippen LogP contribution in [-0.4, -0.2) is 19.5 Å². The average molecular weight is 359 g/mol. The van der Waals surface area contributed by atoms with E-state index in [0.29, 0.717) is 5.69 Å². The van der Waals surface area contributed by atoms with Gasteiger partial charge in [-0.2, -0.15) is 0 Å². The summed E-state index contributed by atoms with van der Waals surface area (Å²) in [5.41, 5.74) is 2.95. The molecule has 1 aliphatic rings. The van der Waals surface area contributed by atoms with Crippen LogP contribution in [-0.2, 0) is 22.9 Å². The molecule has 2 aromatic carbocycles. The van der Waals surface area contributed by atoms with Crippen molar-refractivity contribution in [3.63, 3.8) is 0 Å². The van der Waals surface area contributed by atoms with E-state index in [1.165, 1.54) is 22.6 Å². The number of anilines is 1. The maximum Gasteiger partial charge on any atom is 0.336 e. The quantitative estimate of drug-likeness (QED) is 0.747. The zero-order chi connectivity index (χ0) is 16.9. The predicted molar refractivity (Wildman–Crippen MR) is 93.4 cm³/mol. The molecule has 5 nitrogen and oxygen atoms in total. The minimum absolute atomic E-state index is 0.0110. The molecule has 0 saturated carbocycles. The number of carboxylic acid groups (broad SMARTS) is 1. The topological polar surface area (TPSA) is 83.5 Å². The second-order valence-corrected chi connectivity index (χ2v) is 8.50. The van der Waals surface area contributed by atoms with Gasteiger partial charge in [0.05, 0.1) is 11.3 Å². The van der Waals surface area contributed by atoms with E-state index in [1.54, 1.807) is 6.07 Å². The molecular formula is C17H13NO4S2. The van der Waals surface area contributed by atoms with Crippen molar-refractivity contribution in [2.24, 2.45) is 0 Å². The Morgan fingerprint density at radius 1 is 1.12 bits per heavy atom. The summed E-state index contributed by atoms with van der Waals surface area (Å²) in [6.07, 6.45) is 1.94. The van der Waals surface area contributed by atoms with E-state index in [-0.39, 0.29) is 9.77 Å². The van der Waals surface area contributed by atoms with Crippen LogP contribution in [0.1, 0.15) is 21.5 Å². The van der Waals surface area contributed by atoms with Crippen molar-refractivity contribution in [1.82, 2.24) is 0 Å². The van der Waals surface area contributed by atoms with Crippen LogP contribution < -0.4 is 4.72 Å². The van der Waals surface area contributed by atoms with Crippen LogP contribution in [0.5, 0.6) is 0 Å². The number of nitrogens with one attached hydrogen (secondary N) is 1. The monoisotopic (exact) mass is 359 g/mol. The lowest BCUT2D eigenvalue weighted by Crippen LogP contribution is -2.12. The van der Waals surface area contributed by atoms with Gasteiger partial charge < -0.3 is 5.11 Å². The summed E-state index contributed by atoms with van der Waals surface area (Å²) in [6.45, 7) is 0. The van der Waals surface area contributed by atoms with E-state index in [9.17, 15) is 13.2 Å². The molecule has 3 aromatic rings. The fourth-order valence-electron chi connectivity index (χ4n) is 3.10. The number of sulfonamides is 1. The second kappa shape index (κ2) is 5.32. The largest absolute Gasteiger partial charge is 0.478 e. The smallest absolute Gasteiger partial charge is 0.336 e. The standard InChI is InChI=1S/C17H13NO4S2/c19-17(20)12-8-15(23-9-12)24(21,22)18-14-7-6-11-5-4-10-2-1-3-13(14)16(10)11/h1-3,6-9,18H,4-5H2,(H,19,20). The number of benzene rings is 2. The Balaban J connectivity index is 1.78. The predicted octanol–water partition coefficient (Wildman–Crippen LogP) is 3.50. The maximum atomic E-state index is 12.6. The molecule has 122 valence electrons. The van der Waals surface area contributed by atoms with Crippen LogP contribution in [0.3, 0.4) is 0 Å². The number of aromatic carboxylic acids is 1. The molecule has 0 unspecified atom stereocenters. The molecule has 7 heteroatoms. The van der Waals surface area contributed by atoms with Gasteiger partial charge in [-0.25, -0.2) is 13.2 Å². The Bertz CT molecular complexity index is 1070. The minimum atomic E-state index is -3.82. The zero-order valence-corrected chi connectivity index (χ0v) is 14.1. The van der Waals surface area contributed by atoms with Gasteiger partial charge in [0, 0.05) is 10.8 Å². The highest BCUT2D eigenvalue weighted by Gasteiger charge is 2.22. The van der Waals surface area contributed by atoms with Gasteiger partial charge in [0.2, 0.25) is 0 Å². The molecule has 0 radical (unpaired) electrons. The van der Waals surface area contributed by atoms with Gasteiger partial charge in [-0.15, -0.1) is 11.3 Å². The van der Waals surface area contributed by atoms with Crippen LogP contribution in [0.15, 0.2) is 46.0 Å². The highest BCUT2D eigenvalue weighted by atomic mass is 32.2.